The van der Waals surface area contributed by atoms with Crippen LogP contribution in [0.2, 0.25) is 0 Å². The van der Waals surface area contributed by atoms with E-state index in [4.69, 9.17) is 10.3 Å². The normalized spacial score (nSPS) is 18.2. The lowest BCUT2D eigenvalue weighted by atomic mass is 9.88. The number of hydrogen-bond acceptors (Lipinski definition) is 5. The summed E-state index contributed by atoms with van der Waals surface area (Å²) in [7, 11) is -3.89. The van der Waals surface area contributed by atoms with Crippen LogP contribution >= 0.6 is 0 Å². The first kappa shape index (κ1) is 15.0. The van der Waals surface area contributed by atoms with Gasteiger partial charge in [-0.3, -0.25) is 0 Å². The third-order valence-corrected chi connectivity index (χ3v) is 5.45. The molecule has 0 saturated heterocycles. The van der Waals surface area contributed by atoms with Crippen molar-refractivity contribution in [2.24, 2.45) is 0 Å². The number of aromatic nitrogens is 1. The average molecular weight is 325 g/mol. The number of nitrogens with one attached hydrogen (secondary N) is 1. The molecule has 0 fully saturated rings. The number of fused-ring (bicyclic) bond motifs is 1. The molecule has 0 bridgehead atoms. The number of nitrogens with two attached hydrogens (primary N) is 1. The van der Waals surface area contributed by atoms with Crippen LogP contribution in [0.4, 0.5) is 10.2 Å². The first-order valence-corrected chi connectivity index (χ1v) is 8.39. The number of halogens is 1. The molecule has 1 aromatic carbocycles. The summed E-state index contributed by atoms with van der Waals surface area (Å²) in [6.07, 6.45) is 2.23. The van der Waals surface area contributed by atoms with Crippen molar-refractivity contribution in [2.45, 2.75) is 37.1 Å². The lowest BCUT2D eigenvalue weighted by molar-refractivity contribution is 0.396. The Hall–Kier alpha value is -1.93. The van der Waals surface area contributed by atoms with Gasteiger partial charge in [-0.15, -0.1) is 0 Å². The Balaban J connectivity index is 1.96. The van der Waals surface area contributed by atoms with Crippen LogP contribution in [-0.2, 0) is 16.4 Å². The number of benzene rings is 1. The van der Waals surface area contributed by atoms with Crippen LogP contribution in [0.25, 0.3) is 0 Å². The third-order valence-electron chi connectivity index (χ3n) is 3.82. The predicted molar refractivity (Wildman–Crippen MR) is 78.1 cm³/mol. The fraction of sp³-hybridized carbons (Fsp3) is 0.357. The monoisotopic (exact) mass is 325 g/mol. The van der Waals surface area contributed by atoms with Gasteiger partial charge >= 0.3 is 0 Å². The van der Waals surface area contributed by atoms with Crippen LogP contribution in [0.1, 0.15) is 35.8 Å². The van der Waals surface area contributed by atoms with E-state index in [1.165, 1.54) is 19.1 Å². The first-order valence-electron chi connectivity index (χ1n) is 6.91. The molecule has 0 aliphatic heterocycles. The van der Waals surface area contributed by atoms with E-state index >= 15 is 0 Å². The first-order chi connectivity index (χ1) is 10.4. The second-order valence-corrected chi connectivity index (χ2v) is 7.01. The van der Waals surface area contributed by atoms with Crippen LogP contribution in [0, 0.1) is 12.7 Å². The highest BCUT2D eigenvalue weighted by Crippen LogP contribution is 2.32. The van der Waals surface area contributed by atoms with Gasteiger partial charge < -0.3 is 10.3 Å². The van der Waals surface area contributed by atoms with Crippen molar-refractivity contribution in [3.05, 3.63) is 40.9 Å². The van der Waals surface area contributed by atoms with Crippen LogP contribution in [0.15, 0.2) is 27.6 Å². The number of anilines is 1. The van der Waals surface area contributed by atoms with Gasteiger partial charge in [0, 0.05) is 6.04 Å². The fourth-order valence-corrected chi connectivity index (χ4v) is 4.31. The van der Waals surface area contributed by atoms with E-state index in [9.17, 15) is 12.8 Å². The van der Waals surface area contributed by atoms with E-state index in [1.807, 2.05) is 0 Å². The van der Waals surface area contributed by atoms with Crippen LogP contribution < -0.4 is 10.5 Å². The molecule has 118 valence electrons. The van der Waals surface area contributed by atoms with Crippen LogP contribution in [0.3, 0.4) is 0 Å². The van der Waals surface area contributed by atoms with Gasteiger partial charge in [0.1, 0.15) is 5.82 Å². The Labute approximate surface area is 127 Å². The zero-order valence-corrected chi connectivity index (χ0v) is 12.8. The topological polar surface area (TPSA) is 98.2 Å². The maximum Gasteiger partial charge on any atom is 0.248 e. The molecule has 2 aromatic rings. The average Bonchev–Trinajstić information content (AvgIpc) is 2.79. The van der Waals surface area contributed by atoms with Crippen molar-refractivity contribution < 1.29 is 17.3 Å². The van der Waals surface area contributed by atoms with Crippen molar-refractivity contribution >= 4 is 15.8 Å². The SMILES string of the molecule is Cc1onc(N)c1S(=O)(=O)N[C@H]1CCCc2ccc(F)cc21. The molecule has 0 unspecified atom stereocenters. The Kier molecular flexibility index (Phi) is 3.65. The summed E-state index contributed by atoms with van der Waals surface area (Å²) in [5.74, 6) is -0.439. The molecule has 1 atom stereocenters. The summed E-state index contributed by atoms with van der Waals surface area (Å²) in [4.78, 5) is -0.156. The van der Waals surface area contributed by atoms with Crippen LogP contribution in [0.5, 0.6) is 0 Å². The van der Waals surface area contributed by atoms with Crippen molar-refractivity contribution in [2.75, 3.05) is 5.73 Å². The standard InChI is InChI=1S/C14H16FN3O3S/c1-8-13(14(16)17-21-8)22(19,20)18-12-4-2-3-9-5-6-10(15)7-11(9)12/h5-7,12,18H,2-4H2,1H3,(H2,16,17)/t12-/m0/s1. The molecular weight excluding hydrogens is 309 g/mol. The van der Waals surface area contributed by atoms with Gasteiger partial charge in [-0.1, -0.05) is 11.2 Å². The minimum absolute atomic E-state index is 0.125. The van der Waals surface area contributed by atoms with E-state index in [1.54, 1.807) is 6.07 Å². The molecule has 1 heterocycles. The number of aryl methyl sites for hydroxylation is 2. The lowest BCUT2D eigenvalue weighted by Gasteiger charge is -2.26. The number of sulfonamides is 1. The maximum atomic E-state index is 13.5. The Morgan fingerprint density at radius 1 is 1.45 bits per heavy atom. The molecule has 1 aliphatic carbocycles. The predicted octanol–water partition coefficient (Wildman–Crippen LogP) is 2.06. The molecule has 3 N–H and O–H groups in total. The zero-order chi connectivity index (χ0) is 15.9. The summed E-state index contributed by atoms with van der Waals surface area (Å²) in [5.41, 5.74) is 7.19. The highest BCUT2D eigenvalue weighted by molar-refractivity contribution is 7.89. The van der Waals surface area contributed by atoms with E-state index in [0.717, 1.165) is 18.4 Å². The van der Waals surface area contributed by atoms with Gasteiger partial charge in [0.15, 0.2) is 16.5 Å². The molecule has 6 nitrogen and oxygen atoms in total. The van der Waals surface area contributed by atoms with E-state index in [-0.39, 0.29) is 22.3 Å². The zero-order valence-electron chi connectivity index (χ0n) is 12.0. The smallest absolute Gasteiger partial charge is 0.248 e. The Morgan fingerprint density at radius 3 is 2.91 bits per heavy atom. The van der Waals surface area contributed by atoms with Gasteiger partial charge in [-0.2, -0.15) is 0 Å². The molecule has 1 aliphatic rings. The summed E-state index contributed by atoms with van der Waals surface area (Å²) in [6, 6.07) is 3.98. The van der Waals surface area contributed by atoms with Gasteiger partial charge in [0.2, 0.25) is 10.0 Å². The quantitative estimate of drug-likeness (QED) is 0.900. The minimum Gasteiger partial charge on any atom is -0.380 e. The second kappa shape index (κ2) is 5.36. The van der Waals surface area contributed by atoms with E-state index < -0.39 is 16.1 Å². The van der Waals surface area contributed by atoms with Crippen molar-refractivity contribution in [3.63, 3.8) is 0 Å². The third kappa shape index (κ3) is 2.59. The van der Waals surface area contributed by atoms with Gasteiger partial charge in [-0.05, 0) is 49.4 Å². The molecule has 3 rings (SSSR count). The van der Waals surface area contributed by atoms with Gasteiger partial charge in [0.05, 0.1) is 0 Å². The molecule has 22 heavy (non-hydrogen) atoms. The molecule has 1 aromatic heterocycles. The summed E-state index contributed by atoms with van der Waals surface area (Å²) in [5, 5.41) is 3.46. The second-order valence-electron chi connectivity index (χ2n) is 5.36. The van der Waals surface area contributed by atoms with Gasteiger partial charge in [0.25, 0.3) is 0 Å². The molecule has 0 radical (unpaired) electrons. The molecule has 0 spiro atoms. The summed E-state index contributed by atoms with van der Waals surface area (Å²) < 4.78 is 45.9. The minimum atomic E-state index is -3.89. The van der Waals surface area contributed by atoms with Crippen molar-refractivity contribution in [1.29, 1.82) is 0 Å². The van der Waals surface area contributed by atoms with E-state index in [0.29, 0.717) is 12.0 Å². The number of hydrogen-bond donors (Lipinski definition) is 2. The summed E-state index contributed by atoms with van der Waals surface area (Å²) >= 11 is 0. The van der Waals surface area contributed by atoms with Crippen LogP contribution in [-0.4, -0.2) is 13.6 Å². The highest BCUT2D eigenvalue weighted by atomic mass is 32.2. The largest absolute Gasteiger partial charge is 0.380 e. The lowest BCUT2D eigenvalue weighted by Crippen LogP contribution is -2.31. The molecule has 0 amide bonds. The Morgan fingerprint density at radius 2 is 2.23 bits per heavy atom. The van der Waals surface area contributed by atoms with Crippen molar-refractivity contribution in [3.8, 4) is 0 Å². The number of nitrogen functional groups attached to an aromatic ring is 1. The number of nitrogens with zero attached hydrogens (tertiary/aromatic N) is 1. The van der Waals surface area contributed by atoms with Gasteiger partial charge in [-0.25, -0.2) is 17.5 Å². The van der Waals surface area contributed by atoms with Crippen molar-refractivity contribution in [1.82, 2.24) is 9.88 Å². The summed E-state index contributed by atoms with van der Waals surface area (Å²) in [6.45, 7) is 1.48. The highest BCUT2D eigenvalue weighted by Gasteiger charge is 2.30. The molecule has 8 heteroatoms. The van der Waals surface area contributed by atoms with E-state index in [2.05, 4.69) is 9.88 Å². The Bertz CT molecular complexity index is 797. The molecular formula is C14H16FN3O3S. The fourth-order valence-electron chi connectivity index (χ4n) is 2.85. The maximum absolute atomic E-state index is 13.5. The molecule has 0 saturated carbocycles. The number of rotatable bonds is 3.